The summed E-state index contributed by atoms with van der Waals surface area (Å²) >= 11 is 0. The van der Waals surface area contributed by atoms with Crippen LogP contribution in [0.5, 0.6) is 0 Å². The predicted molar refractivity (Wildman–Crippen MR) is 74.0 cm³/mol. The second-order valence-electron chi connectivity index (χ2n) is 5.03. The molecule has 1 fully saturated rings. The zero-order valence-electron chi connectivity index (χ0n) is 11.3. The zero-order chi connectivity index (χ0) is 14.2. The van der Waals surface area contributed by atoms with E-state index in [2.05, 4.69) is 11.1 Å². The second kappa shape index (κ2) is 4.78. The lowest BCUT2D eigenvalue weighted by Crippen LogP contribution is -2.37. The Morgan fingerprint density at radius 1 is 1.60 bits per heavy atom. The summed E-state index contributed by atoms with van der Waals surface area (Å²) in [6.45, 7) is 1.80. The largest absolute Gasteiger partial charge is 0.378 e. The molecule has 2 aromatic rings. The summed E-state index contributed by atoms with van der Waals surface area (Å²) in [4.78, 5) is 4.31. The quantitative estimate of drug-likeness (QED) is 0.910. The van der Waals surface area contributed by atoms with Crippen LogP contribution >= 0.6 is 0 Å². The van der Waals surface area contributed by atoms with E-state index in [4.69, 9.17) is 20.5 Å². The van der Waals surface area contributed by atoms with E-state index >= 15 is 0 Å². The van der Waals surface area contributed by atoms with Gasteiger partial charge in [-0.2, -0.15) is 5.26 Å². The van der Waals surface area contributed by atoms with E-state index in [0.717, 1.165) is 11.9 Å². The maximum atomic E-state index is 9.13. The molecule has 6 nitrogen and oxygen atoms in total. The molecule has 2 heterocycles. The Labute approximate surface area is 116 Å². The van der Waals surface area contributed by atoms with Crippen molar-refractivity contribution in [2.45, 2.75) is 18.6 Å². The molecule has 2 N–H and O–H groups in total. The number of hydrogen-bond donors (Lipinski definition) is 1. The monoisotopic (exact) mass is 272 g/mol. The van der Waals surface area contributed by atoms with Crippen molar-refractivity contribution >= 4 is 17.0 Å². The SMILES string of the molecule is COC1(Cn2c(N)nc3c(C#N)cccc32)CCOC1. The van der Waals surface area contributed by atoms with Crippen molar-refractivity contribution in [2.24, 2.45) is 0 Å². The Balaban J connectivity index is 2.08. The van der Waals surface area contributed by atoms with Crippen LogP contribution in [0.25, 0.3) is 11.0 Å². The number of fused-ring (bicyclic) bond motifs is 1. The van der Waals surface area contributed by atoms with Gasteiger partial charge >= 0.3 is 0 Å². The zero-order valence-corrected chi connectivity index (χ0v) is 11.3. The molecule has 3 rings (SSSR count). The van der Waals surface area contributed by atoms with Gasteiger partial charge in [0.1, 0.15) is 17.2 Å². The van der Waals surface area contributed by atoms with E-state index in [1.54, 1.807) is 13.2 Å². The van der Waals surface area contributed by atoms with Crippen LogP contribution in [0.1, 0.15) is 12.0 Å². The van der Waals surface area contributed by atoms with Crippen molar-refractivity contribution < 1.29 is 9.47 Å². The van der Waals surface area contributed by atoms with E-state index < -0.39 is 0 Å². The fourth-order valence-corrected chi connectivity index (χ4v) is 2.65. The molecule has 0 amide bonds. The molecule has 0 saturated carbocycles. The van der Waals surface area contributed by atoms with Crippen LogP contribution in [0.15, 0.2) is 18.2 Å². The van der Waals surface area contributed by atoms with Crippen LogP contribution < -0.4 is 5.73 Å². The number of imidazole rings is 1. The van der Waals surface area contributed by atoms with Crippen molar-refractivity contribution in [1.82, 2.24) is 9.55 Å². The van der Waals surface area contributed by atoms with E-state index in [9.17, 15) is 0 Å². The number of benzene rings is 1. The Kier molecular flexibility index (Phi) is 3.08. The smallest absolute Gasteiger partial charge is 0.201 e. The highest BCUT2D eigenvalue weighted by Gasteiger charge is 2.36. The Morgan fingerprint density at radius 2 is 2.45 bits per heavy atom. The summed E-state index contributed by atoms with van der Waals surface area (Å²) < 4.78 is 13.0. The Morgan fingerprint density at radius 3 is 3.10 bits per heavy atom. The molecule has 0 aliphatic carbocycles. The molecular formula is C14H16N4O2. The van der Waals surface area contributed by atoms with Crippen molar-refractivity contribution in [3.05, 3.63) is 23.8 Å². The van der Waals surface area contributed by atoms with Gasteiger partial charge in [0.15, 0.2) is 0 Å². The lowest BCUT2D eigenvalue weighted by atomic mass is 10.0. The number of nitrogens with zero attached hydrogens (tertiary/aromatic N) is 3. The molecular weight excluding hydrogens is 256 g/mol. The first-order valence-electron chi connectivity index (χ1n) is 6.47. The average Bonchev–Trinajstić information content (AvgIpc) is 3.05. The lowest BCUT2D eigenvalue weighted by Gasteiger charge is -2.26. The van der Waals surface area contributed by atoms with E-state index in [0.29, 0.717) is 36.8 Å². The molecule has 1 unspecified atom stereocenters. The van der Waals surface area contributed by atoms with Gasteiger partial charge in [-0.3, -0.25) is 0 Å². The van der Waals surface area contributed by atoms with Gasteiger partial charge in [-0.15, -0.1) is 0 Å². The summed E-state index contributed by atoms with van der Waals surface area (Å²) in [5.74, 6) is 0.394. The van der Waals surface area contributed by atoms with Crippen LogP contribution in [0.2, 0.25) is 0 Å². The molecule has 1 aromatic heterocycles. The van der Waals surface area contributed by atoms with E-state index in [-0.39, 0.29) is 5.60 Å². The Bertz CT molecular complexity index is 680. The van der Waals surface area contributed by atoms with Gasteiger partial charge in [0, 0.05) is 20.1 Å². The van der Waals surface area contributed by atoms with Gasteiger partial charge < -0.3 is 19.8 Å². The molecule has 1 aromatic carbocycles. The minimum Gasteiger partial charge on any atom is -0.378 e. The molecule has 1 atom stereocenters. The molecule has 104 valence electrons. The first-order chi connectivity index (χ1) is 9.69. The van der Waals surface area contributed by atoms with E-state index in [1.165, 1.54) is 0 Å². The summed E-state index contributed by atoms with van der Waals surface area (Å²) in [6.07, 6.45) is 0.820. The van der Waals surface area contributed by atoms with Crippen LogP contribution in [-0.2, 0) is 16.0 Å². The van der Waals surface area contributed by atoms with Crippen LogP contribution in [-0.4, -0.2) is 35.5 Å². The molecule has 1 saturated heterocycles. The van der Waals surface area contributed by atoms with Gasteiger partial charge in [-0.25, -0.2) is 4.98 Å². The third kappa shape index (κ3) is 1.92. The highest BCUT2D eigenvalue weighted by atomic mass is 16.5. The van der Waals surface area contributed by atoms with E-state index in [1.807, 2.05) is 16.7 Å². The molecule has 0 radical (unpaired) electrons. The normalized spacial score (nSPS) is 22.2. The van der Waals surface area contributed by atoms with Gasteiger partial charge in [0.2, 0.25) is 5.95 Å². The Hall–Kier alpha value is -2.10. The number of hydrogen-bond acceptors (Lipinski definition) is 5. The number of nitrogen functional groups attached to an aromatic ring is 1. The topological polar surface area (TPSA) is 86.1 Å². The maximum Gasteiger partial charge on any atom is 0.201 e. The fraction of sp³-hybridized carbons (Fsp3) is 0.429. The van der Waals surface area contributed by atoms with Crippen molar-refractivity contribution in [2.75, 3.05) is 26.1 Å². The molecule has 1 aliphatic heterocycles. The number of nitriles is 1. The van der Waals surface area contributed by atoms with Crippen LogP contribution in [0, 0.1) is 11.3 Å². The summed E-state index contributed by atoms with van der Waals surface area (Å²) in [7, 11) is 1.69. The highest BCUT2D eigenvalue weighted by molar-refractivity contribution is 5.84. The van der Waals surface area contributed by atoms with Crippen LogP contribution in [0.3, 0.4) is 0 Å². The minimum absolute atomic E-state index is 0.371. The number of nitrogens with two attached hydrogens (primary N) is 1. The standard InChI is InChI=1S/C14H16N4O2/c1-19-14(5-6-20-9-14)8-18-11-4-2-3-10(7-15)12(11)17-13(18)16/h2-4H,5-6,8-9H2,1H3,(H2,16,17). The maximum absolute atomic E-state index is 9.13. The lowest BCUT2D eigenvalue weighted by molar-refractivity contribution is -0.0283. The predicted octanol–water partition coefficient (Wildman–Crippen LogP) is 1.30. The molecule has 20 heavy (non-hydrogen) atoms. The molecule has 0 spiro atoms. The second-order valence-corrected chi connectivity index (χ2v) is 5.03. The summed E-state index contributed by atoms with van der Waals surface area (Å²) in [5.41, 5.74) is 7.66. The minimum atomic E-state index is -0.371. The summed E-state index contributed by atoms with van der Waals surface area (Å²) in [5, 5.41) is 9.13. The van der Waals surface area contributed by atoms with Gasteiger partial charge in [0.25, 0.3) is 0 Å². The molecule has 0 bridgehead atoms. The summed E-state index contributed by atoms with van der Waals surface area (Å²) in [6, 6.07) is 7.63. The van der Waals surface area contributed by atoms with Gasteiger partial charge in [0.05, 0.1) is 24.2 Å². The van der Waals surface area contributed by atoms with Crippen molar-refractivity contribution in [3.63, 3.8) is 0 Å². The third-order valence-electron chi connectivity index (χ3n) is 3.88. The first-order valence-corrected chi connectivity index (χ1v) is 6.47. The fourth-order valence-electron chi connectivity index (χ4n) is 2.65. The first kappa shape index (κ1) is 12.9. The molecule has 6 heteroatoms. The number of methoxy groups -OCH3 is 1. The third-order valence-corrected chi connectivity index (χ3v) is 3.88. The number of ether oxygens (including phenoxy) is 2. The van der Waals surface area contributed by atoms with Gasteiger partial charge in [-0.1, -0.05) is 6.07 Å². The van der Waals surface area contributed by atoms with Gasteiger partial charge in [-0.05, 0) is 12.1 Å². The number of rotatable bonds is 3. The van der Waals surface area contributed by atoms with Crippen molar-refractivity contribution in [3.8, 4) is 6.07 Å². The highest BCUT2D eigenvalue weighted by Crippen LogP contribution is 2.29. The average molecular weight is 272 g/mol. The van der Waals surface area contributed by atoms with Crippen molar-refractivity contribution in [1.29, 1.82) is 5.26 Å². The molecule has 1 aliphatic rings. The number of para-hydroxylation sites is 1. The van der Waals surface area contributed by atoms with Crippen LogP contribution in [0.4, 0.5) is 5.95 Å². The number of anilines is 1. The number of aromatic nitrogens is 2.